The second-order valence-corrected chi connectivity index (χ2v) is 5.14. The lowest BCUT2D eigenvalue weighted by Gasteiger charge is -2.13. The zero-order valence-corrected chi connectivity index (χ0v) is 12.8. The zero-order chi connectivity index (χ0) is 13.9. The van der Waals surface area contributed by atoms with Crippen LogP contribution >= 0.6 is 11.8 Å². The van der Waals surface area contributed by atoms with E-state index < -0.39 is 0 Å². The molecule has 0 fully saturated rings. The van der Waals surface area contributed by atoms with Crippen LogP contribution in [0.4, 0.5) is 11.6 Å². The Balaban J connectivity index is 2.56. The van der Waals surface area contributed by atoms with Gasteiger partial charge in [-0.3, -0.25) is 0 Å². The predicted octanol–water partition coefficient (Wildman–Crippen LogP) is 2.86. The number of anilines is 2. The first-order valence-corrected chi connectivity index (χ1v) is 8.08. The van der Waals surface area contributed by atoms with E-state index >= 15 is 0 Å². The lowest BCUT2D eigenvalue weighted by atomic mass is 10.3. The quantitative estimate of drug-likeness (QED) is 0.644. The molecule has 19 heavy (non-hydrogen) atoms. The van der Waals surface area contributed by atoms with E-state index in [9.17, 15) is 0 Å². The summed E-state index contributed by atoms with van der Waals surface area (Å²) in [6, 6.07) is 0. The normalized spacial score (nSPS) is 10.3. The van der Waals surface area contributed by atoms with Crippen LogP contribution in [0, 0.1) is 0 Å². The lowest BCUT2D eigenvalue weighted by molar-refractivity contribution is 0.414. The van der Waals surface area contributed by atoms with Gasteiger partial charge in [-0.1, -0.05) is 6.92 Å². The number of methoxy groups -OCH3 is 1. The molecule has 0 aromatic carbocycles. The average molecular weight is 284 g/mol. The summed E-state index contributed by atoms with van der Waals surface area (Å²) < 4.78 is 5.40. The Morgan fingerprint density at radius 3 is 2.42 bits per heavy atom. The number of unbranched alkanes of at least 4 members (excludes halogenated alkanes) is 1. The summed E-state index contributed by atoms with van der Waals surface area (Å²) in [4.78, 5) is 8.46. The van der Waals surface area contributed by atoms with Crippen LogP contribution < -0.4 is 15.4 Å². The SMILES string of the molecule is CCCNc1ncnc(NCCCCSC)c1OC. The minimum absolute atomic E-state index is 0.695. The molecule has 1 rings (SSSR count). The first-order chi connectivity index (χ1) is 9.33. The van der Waals surface area contributed by atoms with Crippen LogP contribution in [-0.4, -0.2) is 42.2 Å². The summed E-state index contributed by atoms with van der Waals surface area (Å²) in [5, 5.41) is 6.56. The molecule has 0 saturated heterocycles. The van der Waals surface area contributed by atoms with Gasteiger partial charge in [-0.05, 0) is 31.3 Å². The highest BCUT2D eigenvalue weighted by Gasteiger charge is 2.10. The molecule has 0 amide bonds. The van der Waals surface area contributed by atoms with Crippen LogP contribution in [-0.2, 0) is 0 Å². The fraction of sp³-hybridized carbons (Fsp3) is 0.692. The fourth-order valence-electron chi connectivity index (χ4n) is 1.64. The van der Waals surface area contributed by atoms with Gasteiger partial charge in [-0.15, -0.1) is 0 Å². The number of hydrogen-bond donors (Lipinski definition) is 2. The zero-order valence-electron chi connectivity index (χ0n) is 12.0. The van der Waals surface area contributed by atoms with Crippen molar-refractivity contribution in [1.29, 1.82) is 0 Å². The minimum Gasteiger partial charge on any atom is -0.490 e. The third kappa shape index (κ3) is 5.55. The Kier molecular flexibility index (Phi) is 8.13. The van der Waals surface area contributed by atoms with Crippen LogP contribution in [0.3, 0.4) is 0 Å². The van der Waals surface area contributed by atoms with Gasteiger partial charge in [0.25, 0.3) is 0 Å². The molecule has 0 saturated carbocycles. The van der Waals surface area contributed by atoms with Gasteiger partial charge in [0.1, 0.15) is 6.33 Å². The Labute approximate surface area is 119 Å². The molecule has 6 heteroatoms. The molecule has 0 bridgehead atoms. The molecule has 2 N–H and O–H groups in total. The maximum Gasteiger partial charge on any atom is 0.204 e. The van der Waals surface area contributed by atoms with Gasteiger partial charge in [-0.2, -0.15) is 11.8 Å². The molecule has 0 unspecified atom stereocenters. The van der Waals surface area contributed by atoms with E-state index in [1.807, 2.05) is 11.8 Å². The van der Waals surface area contributed by atoms with Crippen molar-refractivity contribution in [3.8, 4) is 5.75 Å². The molecule has 0 aliphatic carbocycles. The van der Waals surface area contributed by atoms with Gasteiger partial charge in [-0.25, -0.2) is 9.97 Å². The van der Waals surface area contributed by atoms with E-state index in [1.54, 1.807) is 13.4 Å². The van der Waals surface area contributed by atoms with Gasteiger partial charge in [0, 0.05) is 13.1 Å². The Bertz CT molecular complexity index is 362. The molecule has 1 aromatic heterocycles. The summed E-state index contributed by atoms with van der Waals surface area (Å²) in [6.07, 6.45) is 7.08. The van der Waals surface area contributed by atoms with Crippen LogP contribution in [0.2, 0.25) is 0 Å². The van der Waals surface area contributed by atoms with E-state index in [0.29, 0.717) is 5.75 Å². The maximum absolute atomic E-state index is 5.40. The third-order valence-corrected chi connectivity index (χ3v) is 3.31. The summed E-state index contributed by atoms with van der Waals surface area (Å²) >= 11 is 1.88. The molecule has 0 atom stereocenters. The van der Waals surface area contributed by atoms with E-state index in [0.717, 1.165) is 37.6 Å². The minimum atomic E-state index is 0.695. The molecular formula is C13H24N4OS. The second kappa shape index (κ2) is 9.72. The Morgan fingerprint density at radius 2 is 1.84 bits per heavy atom. The largest absolute Gasteiger partial charge is 0.490 e. The number of rotatable bonds is 10. The van der Waals surface area contributed by atoms with Crippen LogP contribution in [0.25, 0.3) is 0 Å². The van der Waals surface area contributed by atoms with Crippen molar-refractivity contribution in [3.05, 3.63) is 6.33 Å². The summed E-state index contributed by atoms with van der Waals surface area (Å²) in [6.45, 7) is 3.90. The Hall–Kier alpha value is -1.17. The molecule has 108 valence electrons. The van der Waals surface area contributed by atoms with Crippen LogP contribution in [0.15, 0.2) is 6.33 Å². The monoisotopic (exact) mass is 284 g/mol. The second-order valence-electron chi connectivity index (χ2n) is 4.16. The van der Waals surface area contributed by atoms with Gasteiger partial charge in [0.15, 0.2) is 11.6 Å². The first kappa shape index (κ1) is 15.9. The molecule has 1 aromatic rings. The van der Waals surface area contributed by atoms with E-state index in [4.69, 9.17) is 4.74 Å². The highest BCUT2D eigenvalue weighted by molar-refractivity contribution is 7.98. The van der Waals surface area contributed by atoms with Crippen molar-refractivity contribution in [2.45, 2.75) is 26.2 Å². The molecule has 1 heterocycles. The fourth-order valence-corrected chi connectivity index (χ4v) is 2.13. The van der Waals surface area contributed by atoms with E-state index in [1.165, 1.54) is 12.2 Å². The van der Waals surface area contributed by atoms with Crippen LogP contribution in [0.1, 0.15) is 26.2 Å². The molecule has 5 nitrogen and oxygen atoms in total. The van der Waals surface area contributed by atoms with Crippen LogP contribution in [0.5, 0.6) is 5.75 Å². The number of hydrogen-bond acceptors (Lipinski definition) is 6. The van der Waals surface area contributed by atoms with Gasteiger partial charge in [0.05, 0.1) is 7.11 Å². The van der Waals surface area contributed by atoms with E-state index in [-0.39, 0.29) is 0 Å². The number of ether oxygens (including phenoxy) is 1. The van der Waals surface area contributed by atoms with Crippen molar-refractivity contribution in [2.24, 2.45) is 0 Å². The lowest BCUT2D eigenvalue weighted by Crippen LogP contribution is -2.10. The smallest absolute Gasteiger partial charge is 0.204 e. The number of aromatic nitrogens is 2. The first-order valence-electron chi connectivity index (χ1n) is 6.69. The predicted molar refractivity (Wildman–Crippen MR) is 83.5 cm³/mol. The summed E-state index contributed by atoms with van der Waals surface area (Å²) in [7, 11) is 1.65. The number of nitrogens with zero attached hydrogens (tertiary/aromatic N) is 2. The molecule has 0 spiro atoms. The van der Waals surface area contributed by atoms with Gasteiger partial charge in [0.2, 0.25) is 5.75 Å². The molecular weight excluding hydrogens is 260 g/mol. The van der Waals surface area contributed by atoms with Crippen molar-refractivity contribution in [1.82, 2.24) is 9.97 Å². The van der Waals surface area contributed by atoms with Gasteiger partial charge >= 0.3 is 0 Å². The highest BCUT2D eigenvalue weighted by atomic mass is 32.2. The third-order valence-electron chi connectivity index (χ3n) is 2.62. The summed E-state index contributed by atoms with van der Waals surface area (Å²) in [5.41, 5.74) is 0. The van der Waals surface area contributed by atoms with Crippen molar-refractivity contribution in [2.75, 3.05) is 42.8 Å². The van der Waals surface area contributed by atoms with Crippen molar-refractivity contribution >= 4 is 23.4 Å². The standard InChI is InChI=1S/C13H24N4OS/c1-4-7-14-12-11(18-2)13(17-10-16-12)15-8-5-6-9-19-3/h10H,4-9H2,1-3H3,(H2,14,15,16,17). The topological polar surface area (TPSA) is 59.1 Å². The maximum atomic E-state index is 5.40. The number of thioether (sulfide) groups is 1. The molecule has 0 aliphatic heterocycles. The van der Waals surface area contributed by atoms with Crippen molar-refractivity contribution < 1.29 is 4.74 Å². The number of nitrogens with one attached hydrogen (secondary N) is 2. The Morgan fingerprint density at radius 1 is 1.16 bits per heavy atom. The van der Waals surface area contributed by atoms with Crippen molar-refractivity contribution in [3.63, 3.8) is 0 Å². The summed E-state index contributed by atoms with van der Waals surface area (Å²) in [5.74, 6) is 3.42. The van der Waals surface area contributed by atoms with E-state index in [2.05, 4.69) is 33.8 Å². The average Bonchev–Trinajstić information content (AvgIpc) is 2.44. The van der Waals surface area contributed by atoms with Gasteiger partial charge < -0.3 is 15.4 Å². The highest BCUT2D eigenvalue weighted by Crippen LogP contribution is 2.28. The molecule has 0 aliphatic rings. The molecule has 0 radical (unpaired) electrons.